The number of nitrogens with two attached hydrogens (primary N) is 1. The Labute approximate surface area is 107 Å². The standard InChI is InChI=1S/C15H17FN2/c1-10-6-11(2)15(18-9-10)14(17)8-12-4-3-5-13(16)7-12/h3-7,9,14H,8,17H2,1-2H3. The van der Waals surface area contributed by atoms with Crippen LogP contribution in [-0.2, 0) is 6.42 Å². The number of aryl methyl sites for hydroxylation is 2. The minimum absolute atomic E-state index is 0.201. The van der Waals surface area contributed by atoms with Crippen molar-refractivity contribution in [2.45, 2.75) is 26.3 Å². The molecule has 1 aromatic heterocycles. The van der Waals surface area contributed by atoms with Gasteiger partial charge in [0.25, 0.3) is 0 Å². The summed E-state index contributed by atoms with van der Waals surface area (Å²) in [5.41, 5.74) is 10.1. The third-order valence-corrected chi connectivity index (χ3v) is 2.95. The molecule has 0 aliphatic carbocycles. The van der Waals surface area contributed by atoms with Crippen LogP contribution in [0.2, 0.25) is 0 Å². The van der Waals surface area contributed by atoms with Crippen LogP contribution in [0.4, 0.5) is 4.39 Å². The highest BCUT2D eigenvalue weighted by Crippen LogP contribution is 2.18. The Balaban J connectivity index is 2.19. The molecule has 18 heavy (non-hydrogen) atoms. The topological polar surface area (TPSA) is 38.9 Å². The molecule has 1 unspecified atom stereocenters. The summed E-state index contributed by atoms with van der Waals surface area (Å²) in [7, 11) is 0. The molecular weight excluding hydrogens is 227 g/mol. The molecule has 2 aromatic rings. The summed E-state index contributed by atoms with van der Waals surface area (Å²) in [6, 6.07) is 8.40. The van der Waals surface area contributed by atoms with Crippen LogP contribution in [-0.4, -0.2) is 4.98 Å². The van der Waals surface area contributed by atoms with Crippen LogP contribution in [0.5, 0.6) is 0 Å². The maximum absolute atomic E-state index is 13.1. The van der Waals surface area contributed by atoms with Crippen LogP contribution in [0.25, 0.3) is 0 Å². The van der Waals surface area contributed by atoms with Gasteiger partial charge in [-0.05, 0) is 49.1 Å². The zero-order valence-electron chi connectivity index (χ0n) is 10.7. The first kappa shape index (κ1) is 12.7. The molecule has 3 heteroatoms. The normalized spacial score (nSPS) is 12.4. The van der Waals surface area contributed by atoms with E-state index in [1.54, 1.807) is 6.07 Å². The van der Waals surface area contributed by atoms with Crippen molar-refractivity contribution in [3.8, 4) is 0 Å². The van der Waals surface area contributed by atoms with Crippen molar-refractivity contribution in [3.63, 3.8) is 0 Å². The predicted octanol–water partition coefficient (Wildman–Crippen LogP) is 3.08. The lowest BCUT2D eigenvalue weighted by Crippen LogP contribution is -2.16. The van der Waals surface area contributed by atoms with Gasteiger partial charge in [0.2, 0.25) is 0 Å². The van der Waals surface area contributed by atoms with E-state index in [0.717, 1.165) is 22.4 Å². The summed E-state index contributed by atoms with van der Waals surface area (Å²) in [5, 5.41) is 0. The lowest BCUT2D eigenvalue weighted by atomic mass is 10.00. The summed E-state index contributed by atoms with van der Waals surface area (Å²) in [6.07, 6.45) is 2.41. The Kier molecular flexibility index (Phi) is 3.72. The summed E-state index contributed by atoms with van der Waals surface area (Å²) >= 11 is 0. The molecule has 1 heterocycles. The molecule has 0 radical (unpaired) electrons. The smallest absolute Gasteiger partial charge is 0.123 e. The monoisotopic (exact) mass is 244 g/mol. The van der Waals surface area contributed by atoms with Crippen LogP contribution >= 0.6 is 0 Å². The molecule has 0 saturated heterocycles. The third kappa shape index (κ3) is 2.93. The second-order valence-electron chi connectivity index (χ2n) is 4.66. The number of hydrogen-bond acceptors (Lipinski definition) is 2. The lowest BCUT2D eigenvalue weighted by Gasteiger charge is -2.14. The number of halogens is 1. The summed E-state index contributed by atoms with van der Waals surface area (Å²) in [4.78, 5) is 4.38. The van der Waals surface area contributed by atoms with Gasteiger partial charge in [-0.1, -0.05) is 18.2 Å². The first-order chi connectivity index (χ1) is 8.56. The lowest BCUT2D eigenvalue weighted by molar-refractivity contribution is 0.620. The van der Waals surface area contributed by atoms with Gasteiger partial charge in [0.05, 0.1) is 11.7 Å². The van der Waals surface area contributed by atoms with E-state index in [0.29, 0.717) is 6.42 Å². The zero-order chi connectivity index (χ0) is 13.1. The van der Waals surface area contributed by atoms with Crippen molar-refractivity contribution < 1.29 is 4.39 Å². The second-order valence-corrected chi connectivity index (χ2v) is 4.66. The van der Waals surface area contributed by atoms with E-state index in [4.69, 9.17) is 5.73 Å². The Morgan fingerprint density at radius 2 is 2.06 bits per heavy atom. The van der Waals surface area contributed by atoms with E-state index in [1.807, 2.05) is 26.1 Å². The first-order valence-electron chi connectivity index (χ1n) is 5.99. The average molecular weight is 244 g/mol. The molecule has 1 atom stereocenters. The third-order valence-electron chi connectivity index (χ3n) is 2.95. The average Bonchev–Trinajstić information content (AvgIpc) is 2.28. The first-order valence-corrected chi connectivity index (χ1v) is 5.99. The molecule has 2 nitrogen and oxygen atoms in total. The van der Waals surface area contributed by atoms with Gasteiger partial charge in [-0.3, -0.25) is 4.98 Å². The molecule has 0 spiro atoms. The molecule has 2 N–H and O–H groups in total. The highest BCUT2D eigenvalue weighted by atomic mass is 19.1. The molecule has 2 rings (SSSR count). The molecule has 0 bridgehead atoms. The molecule has 94 valence electrons. The van der Waals surface area contributed by atoms with Gasteiger partial charge in [0.1, 0.15) is 5.82 Å². The van der Waals surface area contributed by atoms with Crippen molar-refractivity contribution >= 4 is 0 Å². The Morgan fingerprint density at radius 1 is 1.28 bits per heavy atom. The SMILES string of the molecule is Cc1cnc(C(N)Cc2cccc(F)c2)c(C)c1. The molecule has 0 aliphatic rings. The number of rotatable bonds is 3. The highest BCUT2D eigenvalue weighted by Gasteiger charge is 2.11. The van der Waals surface area contributed by atoms with Crippen molar-refractivity contribution in [1.29, 1.82) is 0 Å². The maximum atomic E-state index is 13.1. The van der Waals surface area contributed by atoms with Gasteiger partial charge >= 0.3 is 0 Å². The molecule has 1 aromatic carbocycles. The number of nitrogens with zero attached hydrogens (tertiary/aromatic N) is 1. The molecule has 0 aliphatic heterocycles. The fourth-order valence-electron chi connectivity index (χ4n) is 2.13. The number of hydrogen-bond donors (Lipinski definition) is 1. The fraction of sp³-hybridized carbons (Fsp3) is 0.267. The Bertz CT molecular complexity index is 552. The molecule has 0 amide bonds. The van der Waals surface area contributed by atoms with Gasteiger partial charge in [0, 0.05) is 6.20 Å². The number of benzene rings is 1. The van der Waals surface area contributed by atoms with Crippen LogP contribution in [0.15, 0.2) is 36.5 Å². The Hall–Kier alpha value is -1.74. The van der Waals surface area contributed by atoms with Crippen LogP contribution < -0.4 is 5.73 Å². The van der Waals surface area contributed by atoms with Gasteiger partial charge in [-0.25, -0.2) is 4.39 Å². The minimum Gasteiger partial charge on any atom is -0.322 e. The van der Waals surface area contributed by atoms with Crippen LogP contribution in [0, 0.1) is 19.7 Å². The summed E-state index contributed by atoms with van der Waals surface area (Å²) in [5.74, 6) is -0.228. The highest BCUT2D eigenvalue weighted by molar-refractivity contribution is 5.27. The van der Waals surface area contributed by atoms with Crippen LogP contribution in [0.1, 0.15) is 28.4 Å². The quantitative estimate of drug-likeness (QED) is 0.901. The zero-order valence-corrected chi connectivity index (χ0v) is 10.7. The maximum Gasteiger partial charge on any atom is 0.123 e. The molecule has 0 fully saturated rings. The van der Waals surface area contributed by atoms with E-state index < -0.39 is 0 Å². The van der Waals surface area contributed by atoms with Crippen molar-refractivity contribution in [2.24, 2.45) is 5.73 Å². The second kappa shape index (κ2) is 5.27. The van der Waals surface area contributed by atoms with E-state index in [-0.39, 0.29) is 11.9 Å². The summed E-state index contributed by atoms with van der Waals surface area (Å²) < 4.78 is 13.1. The predicted molar refractivity (Wildman–Crippen MR) is 70.7 cm³/mol. The van der Waals surface area contributed by atoms with E-state index in [1.165, 1.54) is 12.1 Å². The van der Waals surface area contributed by atoms with Gasteiger partial charge in [-0.15, -0.1) is 0 Å². The molecular formula is C15H17FN2. The number of pyridine rings is 1. The van der Waals surface area contributed by atoms with E-state index in [9.17, 15) is 4.39 Å². The van der Waals surface area contributed by atoms with Gasteiger partial charge in [0.15, 0.2) is 0 Å². The minimum atomic E-state index is -0.228. The van der Waals surface area contributed by atoms with Gasteiger partial charge in [-0.2, -0.15) is 0 Å². The van der Waals surface area contributed by atoms with Crippen molar-refractivity contribution in [3.05, 3.63) is 64.7 Å². The number of aromatic nitrogens is 1. The van der Waals surface area contributed by atoms with E-state index >= 15 is 0 Å². The van der Waals surface area contributed by atoms with Crippen molar-refractivity contribution in [1.82, 2.24) is 4.98 Å². The summed E-state index contributed by atoms with van der Waals surface area (Å²) in [6.45, 7) is 4.00. The Morgan fingerprint density at radius 3 is 2.72 bits per heavy atom. The molecule has 0 saturated carbocycles. The van der Waals surface area contributed by atoms with Crippen LogP contribution in [0.3, 0.4) is 0 Å². The van der Waals surface area contributed by atoms with E-state index in [2.05, 4.69) is 11.1 Å². The largest absolute Gasteiger partial charge is 0.322 e. The van der Waals surface area contributed by atoms with Gasteiger partial charge < -0.3 is 5.73 Å². The fourth-order valence-corrected chi connectivity index (χ4v) is 2.13. The van der Waals surface area contributed by atoms with Crippen molar-refractivity contribution in [2.75, 3.05) is 0 Å².